The first-order chi connectivity index (χ1) is 8.37. The van der Waals surface area contributed by atoms with E-state index in [-0.39, 0.29) is 5.41 Å². The molecule has 3 nitrogen and oxygen atoms in total. The Morgan fingerprint density at radius 1 is 1.33 bits per heavy atom. The molecule has 0 saturated carbocycles. The highest BCUT2D eigenvalue weighted by Crippen LogP contribution is 2.33. The summed E-state index contributed by atoms with van der Waals surface area (Å²) in [4.78, 5) is 0. The summed E-state index contributed by atoms with van der Waals surface area (Å²) in [6.45, 7) is 6.61. The Morgan fingerprint density at radius 2 is 2.06 bits per heavy atom. The molecule has 0 bridgehead atoms. The normalized spacial score (nSPS) is 11.8. The van der Waals surface area contributed by atoms with Crippen molar-refractivity contribution in [2.45, 2.75) is 27.2 Å². The molecule has 0 atom stereocenters. The van der Waals surface area contributed by atoms with Crippen LogP contribution in [0.4, 0.5) is 5.82 Å². The van der Waals surface area contributed by atoms with Crippen LogP contribution in [-0.4, -0.2) is 10.2 Å². The molecular formula is C14H18BrN3. The molecule has 1 aromatic heterocycles. The number of rotatable bonds is 2. The van der Waals surface area contributed by atoms with E-state index in [2.05, 4.69) is 59.0 Å². The third-order valence-corrected chi connectivity index (χ3v) is 3.18. The standard InChI is InChI=1S/C14H18BrN3/c1-14(2,3)8-11-12(13(16)18-17-11)9-5-4-6-10(15)7-9/h4-7H,8H2,1-3H3,(H3,16,17,18). The molecule has 1 aromatic carbocycles. The summed E-state index contributed by atoms with van der Waals surface area (Å²) >= 11 is 3.49. The van der Waals surface area contributed by atoms with Crippen LogP contribution < -0.4 is 5.73 Å². The number of hydrogen-bond donors (Lipinski definition) is 2. The highest BCUT2D eigenvalue weighted by molar-refractivity contribution is 9.10. The number of H-pyrrole nitrogens is 1. The van der Waals surface area contributed by atoms with Gasteiger partial charge in [0.25, 0.3) is 0 Å². The molecule has 0 saturated heterocycles. The van der Waals surface area contributed by atoms with Gasteiger partial charge in [-0.15, -0.1) is 0 Å². The first-order valence-corrected chi connectivity index (χ1v) is 6.75. The van der Waals surface area contributed by atoms with E-state index in [9.17, 15) is 0 Å². The fourth-order valence-electron chi connectivity index (χ4n) is 2.02. The smallest absolute Gasteiger partial charge is 0.153 e. The predicted octanol–water partition coefficient (Wildman–Crippen LogP) is 4.01. The van der Waals surface area contributed by atoms with Crippen LogP contribution in [0.5, 0.6) is 0 Å². The highest BCUT2D eigenvalue weighted by atomic mass is 79.9. The van der Waals surface area contributed by atoms with Crippen molar-refractivity contribution in [1.82, 2.24) is 10.2 Å². The number of aromatic nitrogens is 2. The maximum atomic E-state index is 5.98. The SMILES string of the molecule is CC(C)(C)Cc1[nH]nc(N)c1-c1cccc(Br)c1. The molecule has 0 fully saturated rings. The minimum atomic E-state index is 0.194. The number of halogens is 1. The van der Waals surface area contributed by atoms with E-state index >= 15 is 0 Å². The minimum absolute atomic E-state index is 0.194. The molecule has 0 unspecified atom stereocenters. The van der Waals surface area contributed by atoms with Crippen molar-refractivity contribution in [3.05, 3.63) is 34.4 Å². The fraction of sp³-hybridized carbons (Fsp3) is 0.357. The van der Waals surface area contributed by atoms with E-state index in [1.807, 2.05) is 12.1 Å². The Bertz CT molecular complexity index is 552. The number of benzene rings is 1. The maximum absolute atomic E-state index is 5.98. The number of nitrogen functional groups attached to an aromatic ring is 1. The third-order valence-electron chi connectivity index (χ3n) is 2.69. The second-order valence-electron chi connectivity index (χ2n) is 5.71. The molecule has 0 aliphatic carbocycles. The van der Waals surface area contributed by atoms with Gasteiger partial charge < -0.3 is 5.73 Å². The third kappa shape index (κ3) is 2.93. The second-order valence-corrected chi connectivity index (χ2v) is 6.63. The van der Waals surface area contributed by atoms with Crippen molar-refractivity contribution >= 4 is 21.7 Å². The van der Waals surface area contributed by atoms with E-state index in [0.717, 1.165) is 27.7 Å². The van der Waals surface area contributed by atoms with Gasteiger partial charge in [-0.05, 0) is 29.5 Å². The first-order valence-electron chi connectivity index (χ1n) is 5.95. The zero-order valence-electron chi connectivity index (χ0n) is 10.9. The number of aromatic amines is 1. The summed E-state index contributed by atoms with van der Waals surface area (Å²) in [6, 6.07) is 8.13. The molecule has 3 N–H and O–H groups in total. The Hall–Kier alpha value is -1.29. The summed E-state index contributed by atoms with van der Waals surface area (Å²) in [5.41, 5.74) is 9.39. The number of hydrogen-bond acceptors (Lipinski definition) is 2. The van der Waals surface area contributed by atoms with Crippen LogP contribution in [0.1, 0.15) is 26.5 Å². The molecular weight excluding hydrogens is 290 g/mol. The second kappa shape index (κ2) is 4.76. The Morgan fingerprint density at radius 3 is 2.67 bits per heavy atom. The lowest BCUT2D eigenvalue weighted by molar-refractivity contribution is 0.406. The van der Waals surface area contributed by atoms with Gasteiger partial charge in [0.05, 0.1) is 0 Å². The van der Waals surface area contributed by atoms with Crippen LogP contribution in [-0.2, 0) is 6.42 Å². The topological polar surface area (TPSA) is 54.7 Å². The number of nitrogens with one attached hydrogen (secondary N) is 1. The van der Waals surface area contributed by atoms with Crippen molar-refractivity contribution < 1.29 is 0 Å². The molecule has 0 aliphatic rings. The van der Waals surface area contributed by atoms with Gasteiger partial charge in [-0.25, -0.2) is 0 Å². The summed E-state index contributed by atoms with van der Waals surface area (Å²) in [7, 11) is 0. The van der Waals surface area contributed by atoms with E-state index in [1.54, 1.807) is 0 Å². The van der Waals surface area contributed by atoms with Gasteiger partial charge >= 0.3 is 0 Å². The molecule has 0 aliphatic heterocycles. The van der Waals surface area contributed by atoms with E-state index in [4.69, 9.17) is 5.73 Å². The van der Waals surface area contributed by atoms with Gasteiger partial charge in [-0.1, -0.05) is 48.8 Å². The summed E-state index contributed by atoms with van der Waals surface area (Å²) in [6.07, 6.45) is 0.916. The lowest BCUT2D eigenvalue weighted by atomic mass is 9.88. The monoisotopic (exact) mass is 307 g/mol. The lowest BCUT2D eigenvalue weighted by Crippen LogP contribution is -2.10. The van der Waals surface area contributed by atoms with Gasteiger partial charge in [0.15, 0.2) is 5.82 Å². The van der Waals surface area contributed by atoms with Crippen LogP contribution in [0.15, 0.2) is 28.7 Å². The molecule has 2 rings (SSSR count). The molecule has 0 amide bonds. The van der Waals surface area contributed by atoms with Gasteiger partial charge in [0.2, 0.25) is 0 Å². The molecule has 18 heavy (non-hydrogen) atoms. The molecule has 2 aromatic rings. The highest BCUT2D eigenvalue weighted by Gasteiger charge is 2.19. The Kier molecular flexibility index (Phi) is 3.48. The van der Waals surface area contributed by atoms with Crippen LogP contribution in [0, 0.1) is 5.41 Å². The van der Waals surface area contributed by atoms with E-state index in [0.29, 0.717) is 5.82 Å². The molecule has 0 spiro atoms. The van der Waals surface area contributed by atoms with Crippen molar-refractivity contribution in [2.75, 3.05) is 5.73 Å². The Labute approximate surface area is 116 Å². The van der Waals surface area contributed by atoms with Crippen LogP contribution in [0.3, 0.4) is 0 Å². The largest absolute Gasteiger partial charge is 0.382 e. The van der Waals surface area contributed by atoms with Crippen molar-refractivity contribution in [2.24, 2.45) is 5.41 Å². The molecule has 0 radical (unpaired) electrons. The minimum Gasteiger partial charge on any atom is -0.382 e. The van der Waals surface area contributed by atoms with E-state index in [1.165, 1.54) is 0 Å². The molecule has 1 heterocycles. The van der Waals surface area contributed by atoms with Crippen LogP contribution in [0.25, 0.3) is 11.1 Å². The average Bonchev–Trinajstić information content (AvgIpc) is 2.57. The van der Waals surface area contributed by atoms with Crippen molar-refractivity contribution in [3.8, 4) is 11.1 Å². The maximum Gasteiger partial charge on any atom is 0.153 e. The fourth-order valence-corrected chi connectivity index (χ4v) is 2.42. The quantitative estimate of drug-likeness (QED) is 0.880. The van der Waals surface area contributed by atoms with E-state index < -0.39 is 0 Å². The lowest BCUT2D eigenvalue weighted by Gasteiger charge is -2.17. The predicted molar refractivity (Wildman–Crippen MR) is 79.3 cm³/mol. The van der Waals surface area contributed by atoms with Crippen molar-refractivity contribution in [1.29, 1.82) is 0 Å². The average molecular weight is 308 g/mol. The van der Waals surface area contributed by atoms with Gasteiger partial charge in [0, 0.05) is 15.7 Å². The number of nitrogens with zero attached hydrogens (tertiary/aromatic N) is 1. The zero-order chi connectivity index (χ0) is 13.3. The van der Waals surface area contributed by atoms with Gasteiger partial charge in [-0.3, -0.25) is 5.10 Å². The van der Waals surface area contributed by atoms with Crippen molar-refractivity contribution in [3.63, 3.8) is 0 Å². The number of anilines is 1. The van der Waals surface area contributed by atoms with Gasteiger partial charge in [-0.2, -0.15) is 5.10 Å². The van der Waals surface area contributed by atoms with Gasteiger partial charge in [0.1, 0.15) is 0 Å². The van der Waals surface area contributed by atoms with Crippen LogP contribution in [0.2, 0.25) is 0 Å². The summed E-state index contributed by atoms with van der Waals surface area (Å²) in [5, 5.41) is 7.20. The molecule has 4 heteroatoms. The summed E-state index contributed by atoms with van der Waals surface area (Å²) < 4.78 is 1.04. The summed E-state index contributed by atoms with van der Waals surface area (Å²) in [5.74, 6) is 0.562. The number of nitrogens with two attached hydrogens (primary N) is 1. The Balaban J connectivity index is 2.47. The molecule has 96 valence electrons. The van der Waals surface area contributed by atoms with Crippen LogP contribution >= 0.6 is 15.9 Å². The zero-order valence-corrected chi connectivity index (χ0v) is 12.5. The first kappa shape index (κ1) is 13.1.